The molecule has 0 aliphatic carbocycles. The molecule has 1 aliphatic heterocycles. The number of anilines is 1. The molecule has 2 N–H and O–H groups in total. The van der Waals surface area contributed by atoms with Crippen LogP contribution in [0.15, 0.2) is 95.5 Å². The lowest BCUT2D eigenvalue weighted by Crippen LogP contribution is -2.40. The van der Waals surface area contributed by atoms with E-state index in [1.54, 1.807) is 66.7 Å². The topological polar surface area (TPSA) is 141 Å². The van der Waals surface area contributed by atoms with Crippen LogP contribution >= 0.6 is 0 Å². The highest BCUT2D eigenvalue weighted by molar-refractivity contribution is 6.10. The molecule has 1 atom stereocenters. The van der Waals surface area contributed by atoms with Gasteiger partial charge in [-0.2, -0.15) is 5.26 Å². The second-order valence-electron chi connectivity index (χ2n) is 8.78. The summed E-state index contributed by atoms with van der Waals surface area (Å²) in [5.41, 5.74) is 7.57. The second-order valence-corrected chi connectivity index (χ2v) is 8.78. The fourth-order valence-electron chi connectivity index (χ4n) is 4.71. The number of ketones is 1. The Morgan fingerprint density at radius 3 is 2.07 bits per heavy atom. The molecule has 4 rings (SSSR count). The standard InChI is InChI=1S/C31H27N3O7/c1-38-23-14-13-20(16-24(23)39-2)28(35)19-11-8-12-21(15-19)34-27(31(37)41-4)26(30(36)40-3)25(22(17-32)29(34)33)18-9-6-5-7-10-18/h5-16,25H,33H2,1-4H3. The van der Waals surface area contributed by atoms with E-state index in [1.165, 1.54) is 32.3 Å². The summed E-state index contributed by atoms with van der Waals surface area (Å²) in [6.45, 7) is 0. The van der Waals surface area contributed by atoms with Gasteiger partial charge in [-0.15, -0.1) is 0 Å². The van der Waals surface area contributed by atoms with Crippen molar-refractivity contribution in [3.63, 3.8) is 0 Å². The minimum Gasteiger partial charge on any atom is -0.493 e. The molecular formula is C31H27N3O7. The van der Waals surface area contributed by atoms with Gasteiger partial charge in [0.25, 0.3) is 0 Å². The number of ether oxygens (including phenoxy) is 4. The molecule has 0 spiro atoms. The van der Waals surface area contributed by atoms with Crippen molar-refractivity contribution in [3.8, 4) is 17.6 Å². The van der Waals surface area contributed by atoms with Gasteiger partial charge >= 0.3 is 11.9 Å². The van der Waals surface area contributed by atoms with Crippen LogP contribution in [0.25, 0.3) is 0 Å². The maximum Gasteiger partial charge on any atom is 0.355 e. The van der Waals surface area contributed by atoms with E-state index in [-0.39, 0.29) is 39.7 Å². The van der Waals surface area contributed by atoms with Crippen molar-refractivity contribution in [1.29, 1.82) is 5.26 Å². The lowest BCUT2D eigenvalue weighted by molar-refractivity contribution is -0.139. The molecule has 41 heavy (non-hydrogen) atoms. The van der Waals surface area contributed by atoms with Crippen LogP contribution in [0.4, 0.5) is 5.69 Å². The summed E-state index contributed by atoms with van der Waals surface area (Å²) in [7, 11) is 5.29. The van der Waals surface area contributed by atoms with Crippen molar-refractivity contribution in [2.24, 2.45) is 5.73 Å². The van der Waals surface area contributed by atoms with E-state index in [0.717, 1.165) is 7.11 Å². The van der Waals surface area contributed by atoms with E-state index >= 15 is 0 Å². The van der Waals surface area contributed by atoms with Crippen LogP contribution in [0, 0.1) is 11.3 Å². The zero-order chi connectivity index (χ0) is 29.7. The Morgan fingerprint density at radius 1 is 0.805 bits per heavy atom. The number of hydrogen-bond donors (Lipinski definition) is 1. The molecule has 3 aromatic carbocycles. The normalized spacial score (nSPS) is 14.7. The van der Waals surface area contributed by atoms with Gasteiger partial charge in [-0.05, 0) is 35.9 Å². The molecule has 10 heteroatoms. The molecule has 208 valence electrons. The number of nitrogens with two attached hydrogens (primary N) is 1. The van der Waals surface area contributed by atoms with Crippen LogP contribution in [0.5, 0.6) is 11.5 Å². The predicted molar refractivity (Wildman–Crippen MR) is 149 cm³/mol. The Labute approximate surface area is 236 Å². The number of rotatable bonds is 8. The van der Waals surface area contributed by atoms with Crippen molar-refractivity contribution < 1.29 is 33.3 Å². The van der Waals surface area contributed by atoms with Crippen molar-refractivity contribution in [2.45, 2.75) is 5.92 Å². The molecule has 1 unspecified atom stereocenters. The number of nitrogens with zero attached hydrogens (tertiary/aromatic N) is 2. The maximum absolute atomic E-state index is 13.5. The lowest BCUT2D eigenvalue weighted by atomic mass is 9.81. The van der Waals surface area contributed by atoms with Crippen molar-refractivity contribution >= 4 is 23.4 Å². The third-order valence-electron chi connectivity index (χ3n) is 6.62. The molecule has 10 nitrogen and oxygen atoms in total. The first kappa shape index (κ1) is 28.4. The molecule has 0 bridgehead atoms. The summed E-state index contributed by atoms with van der Waals surface area (Å²) in [4.78, 5) is 41.3. The van der Waals surface area contributed by atoms with Crippen molar-refractivity contribution in [2.75, 3.05) is 33.3 Å². The maximum atomic E-state index is 13.5. The average molecular weight is 554 g/mol. The average Bonchev–Trinajstić information content (AvgIpc) is 3.02. The molecule has 0 saturated carbocycles. The van der Waals surface area contributed by atoms with Gasteiger partial charge in [0.05, 0.1) is 51.6 Å². The minimum atomic E-state index is -1.00. The number of methoxy groups -OCH3 is 4. The first-order valence-electron chi connectivity index (χ1n) is 12.3. The fraction of sp³-hybridized carbons (Fsp3) is 0.161. The zero-order valence-electron chi connectivity index (χ0n) is 22.8. The van der Waals surface area contributed by atoms with Crippen LogP contribution in [-0.4, -0.2) is 46.2 Å². The van der Waals surface area contributed by atoms with Crippen molar-refractivity contribution in [3.05, 3.63) is 112 Å². The SMILES string of the molecule is COC(=O)C1=C(C(=O)OC)N(c2cccc(C(=O)c3ccc(OC)c(OC)c3)c2)C(N)=C(C#N)C1c1ccccc1. The summed E-state index contributed by atoms with van der Waals surface area (Å²) in [6.07, 6.45) is 0. The van der Waals surface area contributed by atoms with Crippen LogP contribution in [0.2, 0.25) is 0 Å². The highest BCUT2D eigenvalue weighted by atomic mass is 16.5. The highest BCUT2D eigenvalue weighted by Crippen LogP contribution is 2.43. The number of hydrogen-bond acceptors (Lipinski definition) is 10. The summed E-state index contributed by atoms with van der Waals surface area (Å²) in [5, 5.41) is 10.2. The Morgan fingerprint density at radius 2 is 1.46 bits per heavy atom. The van der Waals surface area contributed by atoms with Crippen LogP contribution in [-0.2, 0) is 19.1 Å². The van der Waals surface area contributed by atoms with Gasteiger partial charge in [0, 0.05) is 16.8 Å². The fourth-order valence-corrected chi connectivity index (χ4v) is 4.71. The lowest BCUT2D eigenvalue weighted by Gasteiger charge is -2.36. The van der Waals surface area contributed by atoms with E-state index in [1.807, 2.05) is 0 Å². The van der Waals surface area contributed by atoms with Gasteiger partial charge < -0.3 is 24.7 Å². The largest absolute Gasteiger partial charge is 0.493 e. The zero-order valence-corrected chi connectivity index (χ0v) is 22.8. The number of benzene rings is 3. The van der Waals surface area contributed by atoms with Crippen LogP contribution in [0.3, 0.4) is 0 Å². The molecule has 3 aromatic rings. The smallest absolute Gasteiger partial charge is 0.355 e. The van der Waals surface area contributed by atoms with E-state index in [0.29, 0.717) is 22.6 Å². The molecule has 0 saturated heterocycles. The first-order chi connectivity index (χ1) is 19.8. The molecule has 1 aliphatic rings. The van der Waals surface area contributed by atoms with Gasteiger partial charge in [0.2, 0.25) is 0 Å². The number of carbonyl (C=O) groups excluding carboxylic acids is 3. The Balaban J connectivity index is 1.93. The first-order valence-corrected chi connectivity index (χ1v) is 12.3. The molecule has 0 amide bonds. The van der Waals surface area contributed by atoms with E-state index in [4.69, 9.17) is 24.7 Å². The molecule has 0 fully saturated rings. The van der Waals surface area contributed by atoms with E-state index in [2.05, 4.69) is 6.07 Å². The third kappa shape index (κ3) is 5.21. The Bertz CT molecular complexity index is 1620. The summed E-state index contributed by atoms with van der Waals surface area (Å²) in [5.74, 6) is -2.36. The number of carbonyl (C=O) groups is 3. The van der Waals surface area contributed by atoms with Gasteiger partial charge in [-0.25, -0.2) is 9.59 Å². The number of nitriles is 1. The summed E-state index contributed by atoms with van der Waals surface area (Å²) >= 11 is 0. The Hall–Kier alpha value is -5.56. The van der Waals surface area contributed by atoms with Gasteiger partial charge in [-0.3, -0.25) is 9.69 Å². The monoisotopic (exact) mass is 553 g/mol. The molecular weight excluding hydrogens is 526 g/mol. The summed E-state index contributed by atoms with van der Waals surface area (Å²) in [6, 6.07) is 21.8. The molecule has 1 heterocycles. The highest BCUT2D eigenvalue weighted by Gasteiger charge is 2.43. The number of esters is 2. The summed E-state index contributed by atoms with van der Waals surface area (Å²) < 4.78 is 20.7. The van der Waals surface area contributed by atoms with Gasteiger partial charge in [0.15, 0.2) is 17.3 Å². The second kappa shape index (κ2) is 12.1. The molecule has 0 aromatic heterocycles. The van der Waals surface area contributed by atoms with Crippen LogP contribution in [0.1, 0.15) is 27.4 Å². The van der Waals surface area contributed by atoms with Gasteiger partial charge in [-0.1, -0.05) is 42.5 Å². The Kier molecular flexibility index (Phi) is 8.39. The minimum absolute atomic E-state index is 0.0147. The van der Waals surface area contributed by atoms with Gasteiger partial charge in [0.1, 0.15) is 11.5 Å². The third-order valence-corrected chi connectivity index (χ3v) is 6.62. The van der Waals surface area contributed by atoms with Crippen LogP contribution < -0.4 is 20.1 Å². The molecule has 0 radical (unpaired) electrons. The van der Waals surface area contributed by atoms with E-state index in [9.17, 15) is 19.6 Å². The van der Waals surface area contributed by atoms with Crippen molar-refractivity contribution in [1.82, 2.24) is 0 Å². The number of allylic oxidation sites excluding steroid dienone is 1. The van der Waals surface area contributed by atoms with E-state index < -0.39 is 17.9 Å². The quantitative estimate of drug-likeness (QED) is 0.323. The predicted octanol–water partition coefficient (Wildman–Crippen LogP) is 3.83.